The van der Waals surface area contributed by atoms with E-state index in [2.05, 4.69) is 24.1 Å². The first kappa shape index (κ1) is 22.6. The molecule has 3 rings (SSSR count). The van der Waals surface area contributed by atoms with Crippen LogP contribution in [-0.2, 0) is 11.3 Å². The number of amides is 2. The molecule has 2 amide bonds. The molecule has 0 aliphatic carbocycles. The van der Waals surface area contributed by atoms with Gasteiger partial charge < -0.3 is 4.74 Å². The Morgan fingerprint density at radius 1 is 1.13 bits per heavy atom. The normalized spacial score (nSPS) is 11.0. The summed E-state index contributed by atoms with van der Waals surface area (Å²) in [5, 5.41) is 3.39. The highest BCUT2D eigenvalue weighted by Crippen LogP contribution is 2.19. The zero-order valence-corrected chi connectivity index (χ0v) is 18.6. The van der Waals surface area contributed by atoms with Gasteiger partial charge in [0.25, 0.3) is 11.5 Å². The maximum atomic E-state index is 13.0. The van der Waals surface area contributed by atoms with Crippen molar-refractivity contribution in [2.24, 2.45) is 5.92 Å². The summed E-state index contributed by atoms with van der Waals surface area (Å²) < 4.78 is 6.68. The Hall–Kier alpha value is -3.13. The molecule has 1 heterocycles. The number of nitrogens with zero attached hydrogens (tertiary/aromatic N) is 2. The molecule has 1 aromatic heterocycles. The minimum Gasteiger partial charge on any atom is -0.497 e. The molecule has 0 spiro atoms. The fourth-order valence-electron chi connectivity index (χ4n) is 2.95. The summed E-state index contributed by atoms with van der Waals surface area (Å²) in [6.07, 6.45) is 0.815. The van der Waals surface area contributed by atoms with Crippen molar-refractivity contribution in [2.75, 3.05) is 12.9 Å². The van der Waals surface area contributed by atoms with Gasteiger partial charge in [0.1, 0.15) is 5.75 Å². The van der Waals surface area contributed by atoms with Crippen molar-refractivity contribution in [3.63, 3.8) is 0 Å². The summed E-state index contributed by atoms with van der Waals surface area (Å²) in [4.78, 5) is 42.2. The largest absolute Gasteiger partial charge is 0.497 e. The quantitative estimate of drug-likeness (QED) is 0.427. The van der Waals surface area contributed by atoms with E-state index >= 15 is 0 Å². The minimum atomic E-state index is -0.489. The third-order valence-electron chi connectivity index (χ3n) is 4.69. The second-order valence-electron chi connectivity index (χ2n) is 7.45. The molecule has 0 saturated carbocycles. The lowest BCUT2D eigenvalue weighted by atomic mass is 10.1. The van der Waals surface area contributed by atoms with E-state index in [0.29, 0.717) is 39.8 Å². The second kappa shape index (κ2) is 10.3. The molecule has 31 heavy (non-hydrogen) atoms. The molecular formula is C23H25N3O4S. The first-order chi connectivity index (χ1) is 14.9. The van der Waals surface area contributed by atoms with Gasteiger partial charge in [0.05, 0.1) is 23.8 Å². The number of methoxy groups -OCH3 is 1. The van der Waals surface area contributed by atoms with Crippen molar-refractivity contribution in [3.05, 3.63) is 64.4 Å². The molecule has 3 aromatic rings. The van der Waals surface area contributed by atoms with E-state index in [1.54, 1.807) is 41.0 Å². The number of carbonyl (C=O) groups excluding carboxylic acids is 2. The molecule has 8 heteroatoms. The van der Waals surface area contributed by atoms with E-state index in [0.717, 1.165) is 18.2 Å². The number of benzene rings is 2. The number of ether oxygens (including phenoxy) is 1. The fraction of sp³-hybridized carbons (Fsp3) is 0.304. The molecule has 0 bridgehead atoms. The van der Waals surface area contributed by atoms with Gasteiger partial charge in [0.15, 0.2) is 5.16 Å². The van der Waals surface area contributed by atoms with Crippen LogP contribution in [0, 0.1) is 5.92 Å². The van der Waals surface area contributed by atoms with Gasteiger partial charge in [-0.25, -0.2) is 4.98 Å². The monoisotopic (exact) mass is 439 g/mol. The zero-order valence-electron chi connectivity index (χ0n) is 17.8. The van der Waals surface area contributed by atoms with Crippen molar-refractivity contribution in [1.82, 2.24) is 14.9 Å². The highest BCUT2D eigenvalue weighted by atomic mass is 32.2. The molecular weight excluding hydrogens is 414 g/mol. The smallest absolute Gasteiger partial charge is 0.262 e. The number of aromatic nitrogens is 2. The van der Waals surface area contributed by atoms with Gasteiger partial charge in [0.2, 0.25) is 5.91 Å². The highest BCUT2D eigenvalue weighted by molar-refractivity contribution is 7.99. The van der Waals surface area contributed by atoms with Gasteiger partial charge in [-0.1, -0.05) is 37.7 Å². The first-order valence-corrected chi connectivity index (χ1v) is 11.0. The molecule has 0 aliphatic rings. The van der Waals surface area contributed by atoms with Gasteiger partial charge in [-0.05, 0) is 48.7 Å². The number of hydrogen-bond donors (Lipinski definition) is 1. The van der Waals surface area contributed by atoms with Crippen LogP contribution in [0.2, 0.25) is 0 Å². The summed E-state index contributed by atoms with van der Waals surface area (Å²) in [5.74, 6) is 0.0660. The highest BCUT2D eigenvalue weighted by Gasteiger charge is 2.15. The van der Waals surface area contributed by atoms with Crippen molar-refractivity contribution in [3.8, 4) is 5.75 Å². The average molecular weight is 440 g/mol. The lowest BCUT2D eigenvalue weighted by Crippen LogP contribution is -2.32. The number of rotatable bonds is 8. The molecule has 2 aromatic carbocycles. The van der Waals surface area contributed by atoms with E-state index in [1.165, 1.54) is 7.11 Å². The van der Waals surface area contributed by atoms with Crippen LogP contribution < -0.4 is 15.6 Å². The molecule has 162 valence electrons. The Morgan fingerprint density at radius 2 is 1.84 bits per heavy atom. The van der Waals surface area contributed by atoms with Gasteiger partial charge in [-0.3, -0.25) is 24.3 Å². The Morgan fingerprint density at radius 3 is 2.52 bits per heavy atom. The van der Waals surface area contributed by atoms with Crippen molar-refractivity contribution in [2.45, 2.75) is 32.0 Å². The molecule has 0 aliphatic heterocycles. The topological polar surface area (TPSA) is 90.3 Å². The maximum absolute atomic E-state index is 13.0. The van der Waals surface area contributed by atoms with Gasteiger partial charge in [-0.15, -0.1) is 0 Å². The average Bonchev–Trinajstić information content (AvgIpc) is 2.77. The Labute approximate surface area is 184 Å². The van der Waals surface area contributed by atoms with Crippen LogP contribution in [0.1, 0.15) is 30.6 Å². The molecule has 0 unspecified atom stereocenters. The summed E-state index contributed by atoms with van der Waals surface area (Å²) in [7, 11) is 1.54. The first-order valence-electron chi connectivity index (χ1n) is 9.99. The van der Waals surface area contributed by atoms with Crippen molar-refractivity contribution >= 4 is 34.5 Å². The van der Waals surface area contributed by atoms with Crippen LogP contribution in [0.25, 0.3) is 10.9 Å². The number of carbonyl (C=O) groups is 2. The summed E-state index contributed by atoms with van der Waals surface area (Å²) >= 11 is 1.15. The summed E-state index contributed by atoms with van der Waals surface area (Å²) in [6, 6.07) is 13.6. The van der Waals surface area contributed by atoms with E-state index in [4.69, 9.17) is 4.74 Å². The molecule has 7 nitrogen and oxygen atoms in total. The van der Waals surface area contributed by atoms with Crippen LogP contribution in [-0.4, -0.2) is 34.2 Å². The van der Waals surface area contributed by atoms with Crippen molar-refractivity contribution in [1.29, 1.82) is 0 Å². The van der Waals surface area contributed by atoms with Gasteiger partial charge >= 0.3 is 0 Å². The van der Waals surface area contributed by atoms with Crippen molar-refractivity contribution < 1.29 is 14.3 Å². The van der Waals surface area contributed by atoms with Crippen LogP contribution in [0.3, 0.4) is 0 Å². The number of imide groups is 1. The van der Waals surface area contributed by atoms with Crippen LogP contribution in [0.5, 0.6) is 5.75 Å². The van der Waals surface area contributed by atoms with E-state index in [1.807, 2.05) is 12.1 Å². The minimum absolute atomic E-state index is 0.0334. The number of nitrogens with one attached hydrogen (secondary N) is 1. The SMILES string of the molecule is COc1ccc(C(=O)NC(=O)CSc2nc3ccccc3c(=O)n2CCC(C)C)cc1. The standard InChI is InChI=1S/C23H25N3O4S/c1-15(2)12-13-26-22(29)18-6-4-5-7-19(18)24-23(26)31-14-20(27)25-21(28)16-8-10-17(30-3)11-9-16/h4-11,15H,12-14H2,1-3H3,(H,25,27,28). The maximum Gasteiger partial charge on any atom is 0.262 e. The Balaban J connectivity index is 1.74. The number of thioether (sulfide) groups is 1. The Kier molecular flexibility index (Phi) is 7.46. The van der Waals surface area contributed by atoms with Crippen LogP contribution >= 0.6 is 11.8 Å². The lowest BCUT2D eigenvalue weighted by molar-refractivity contribution is -0.117. The molecule has 0 atom stereocenters. The number of para-hydroxylation sites is 1. The van der Waals surface area contributed by atoms with Gasteiger partial charge in [-0.2, -0.15) is 0 Å². The number of fused-ring (bicyclic) bond motifs is 1. The fourth-order valence-corrected chi connectivity index (χ4v) is 3.77. The molecule has 0 fully saturated rings. The predicted octanol–water partition coefficient (Wildman–Crippen LogP) is 3.50. The summed E-state index contributed by atoms with van der Waals surface area (Å²) in [5.41, 5.74) is 0.825. The third-order valence-corrected chi connectivity index (χ3v) is 5.67. The van der Waals surface area contributed by atoms with Crippen LogP contribution in [0.15, 0.2) is 58.5 Å². The van der Waals surface area contributed by atoms with Gasteiger partial charge in [0, 0.05) is 12.1 Å². The number of hydrogen-bond acceptors (Lipinski definition) is 6. The van der Waals surface area contributed by atoms with E-state index in [9.17, 15) is 14.4 Å². The Bertz CT molecular complexity index is 1140. The predicted molar refractivity (Wildman–Crippen MR) is 122 cm³/mol. The molecule has 0 saturated heterocycles. The van der Waals surface area contributed by atoms with E-state index < -0.39 is 11.8 Å². The van der Waals surface area contributed by atoms with Crippen LogP contribution in [0.4, 0.5) is 0 Å². The molecule has 0 radical (unpaired) electrons. The lowest BCUT2D eigenvalue weighted by Gasteiger charge is -2.14. The summed E-state index contributed by atoms with van der Waals surface area (Å²) in [6.45, 7) is 4.69. The van der Waals surface area contributed by atoms with E-state index in [-0.39, 0.29) is 11.3 Å². The third kappa shape index (κ3) is 5.73. The second-order valence-corrected chi connectivity index (χ2v) is 8.39. The zero-order chi connectivity index (χ0) is 22.4. The molecule has 1 N–H and O–H groups in total.